The second-order valence-electron chi connectivity index (χ2n) is 7.63. The first-order chi connectivity index (χ1) is 16.0. The molecule has 4 rings (SSSR count). The van der Waals surface area contributed by atoms with Crippen LogP contribution in [0.5, 0.6) is 0 Å². The highest BCUT2D eigenvalue weighted by molar-refractivity contribution is 5.97. The highest BCUT2D eigenvalue weighted by atomic mass is 19.1. The molecular weight excluding hydrogens is 425 g/mol. The third-order valence-corrected chi connectivity index (χ3v) is 5.14. The van der Waals surface area contributed by atoms with Crippen LogP contribution in [0.3, 0.4) is 0 Å². The van der Waals surface area contributed by atoms with Crippen LogP contribution in [0, 0.1) is 0 Å². The highest BCUT2D eigenvalue weighted by Gasteiger charge is 2.25. The number of aromatic nitrogens is 2. The molecule has 2 heterocycles. The number of amides is 3. The van der Waals surface area contributed by atoms with Gasteiger partial charge in [0.15, 0.2) is 0 Å². The van der Waals surface area contributed by atoms with Gasteiger partial charge in [-0.1, -0.05) is 36.4 Å². The Balaban J connectivity index is 1.46. The van der Waals surface area contributed by atoms with E-state index in [4.69, 9.17) is 5.73 Å². The van der Waals surface area contributed by atoms with E-state index in [-0.39, 0.29) is 24.1 Å². The molecule has 5 N–H and O–H groups in total. The third kappa shape index (κ3) is 5.73. The fraction of sp³-hybridized carbons (Fsp3) is 0.217. The quantitative estimate of drug-likeness (QED) is 0.437. The summed E-state index contributed by atoms with van der Waals surface area (Å²) >= 11 is 0. The van der Waals surface area contributed by atoms with Crippen molar-refractivity contribution in [3.63, 3.8) is 0 Å². The number of alkyl halides is 1. The van der Waals surface area contributed by atoms with Gasteiger partial charge in [-0.3, -0.25) is 4.79 Å². The Morgan fingerprint density at radius 2 is 1.91 bits per heavy atom. The van der Waals surface area contributed by atoms with Gasteiger partial charge in [-0.25, -0.2) is 14.2 Å². The molecule has 0 bridgehead atoms. The minimum absolute atomic E-state index is 0.0998. The molecule has 1 fully saturated rings. The first kappa shape index (κ1) is 22.0. The average molecular weight is 449 g/mol. The lowest BCUT2D eigenvalue weighted by molar-refractivity contribution is 0.100. The molecule has 3 aromatic rings. The molecule has 0 saturated carbocycles. The molecule has 1 saturated heterocycles. The van der Waals surface area contributed by atoms with Gasteiger partial charge >= 0.3 is 6.03 Å². The minimum Gasteiger partial charge on any atom is -0.365 e. The van der Waals surface area contributed by atoms with Crippen molar-refractivity contribution in [2.75, 3.05) is 29.0 Å². The van der Waals surface area contributed by atoms with Gasteiger partial charge in [0.1, 0.15) is 12.0 Å². The van der Waals surface area contributed by atoms with Crippen molar-refractivity contribution in [3.8, 4) is 0 Å². The maximum Gasteiger partial charge on any atom is 0.321 e. The Morgan fingerprint density at radius 3 is 2.64 bits per heavy atom. The van der Waals surface area contributed by atoms with Crippen LogP contribution in [0.2, 0.25) is 0 Å². The Hall–Kier alpha value is -4.21. The van der Waals surface area contributed by atoms with Crippen molar-refractivity contribution in [2.45, 2.75) is 19.1 Å². The third-order valence-electron chi connectivity index (χ3n) is 5.14. The van der Waals surface area contributed by atoms with Crippen LogP contribution in [0.15, 0.2) is 60.8 Å². The molecule has 0 aliphatic carbocycles. The molecule has 1 aromatic heterocycles. The molecule has 9 nitrogen and oxygen atoms in total. The summed E-state index contributed by atoms with van der Waals surface area (Å²) in [5.74, 6) is -0.0822. The molecule has 170 valence electrons. The Labute approximate surface area is 190 Å². The Kier molecular flexibility index (Phi) is 6.63. The van der Waals surface area contributed by atoms with Gasteiger partial charge in [-0.2, -0.15) is 4.98 Å². The number of halogens is 1. The summed E-state index contributed by atoms with van der Waals surface area (Å²) in [7, 11) is 0. The first-order valence-electron chi connectivity index (χ1n) is 10.5. The number of nitrogens with one attached hydrogen (secondary N) is 3. The molecule has 33 heavy (non-hydrogen) atoms. The van der Waals surface area contributed by atoms with Crippen molar-refractivity contribution in [1.82, 2.24) is 14.9 Å². The number of primary amides is 1. The largest absolute Gasteiger partial charge is 0.365 e. The maximum absolute atomic E-state index is 13.4. The van der Waals surface area contributed by atoms with E-state index in [0.29, 0.717) is 36.7 Å². The van der Waals surface area contributed by atoms with Crippen LogP contribution in [-0.4, -0.2) is 46.1 Å². The zero-order chi connectivity index (χ0) is 23.2. The second kappa shape index (κ2) is 9.94. The SMILES string of the molecule is NC(=O)c1cnc(Nc2cccc(NC(=O)N3CC[C@H](F)C3)c2)nc1NCc1ccccc1. The van der Waals surface area contributed by atoms with Gasteiger partial charge in [0, 0.05) is 30.7 Å². The maximum atomic E-state index is 13.4. The highest BCUT2D eigenvalue weighted by Crippen LogP contribution is 2.22. The number of likely N-dealkylation sites (tertiary alicyclic amines) is 1. The summed E-state index contributed by atoms with van der Waals surface area (Å²) in [6.45, 7) is 0.946. The molecular formula is C23H24FN7O2. The van der Waals surface area contributed by atoms with Gasteiger partial charge in [0.25, 0.3) is 5.91 Å². The number of nitrogens with two attached hydrogens (primary N) is 1. The lowest BCUT2D eigenvalue weighted by Crippen LogP contribution is -2.33. The van der Waals surface area contributed by atoms with Crippen molar-refractivity contribution in [2.24, 2.45) is 5.73 Å². The smallest absolute Gasteiger partial charge is 0.321 e. The van der Waals surface area contributed by atoms with Crippen LogP contribution in [0.1, 0.15) is 22.3 Å². The monoisotopic (exact) mass is 449 g/mol. The second-order valence-corrected chi connectivity index (χ2v) is 7.63. The van der Waals surface area contributed by atoms with E-state index in [2.05, 4.69) is 25.9 Å². The zero-order valence-electron chi connectivity index (χ0n) is 17.8. The number of hydrogen-bond acceptors (Lipinski definition) is 6. The summed E-state index contributed by atoms with van der Waals surface area (Å²) in [4.78, 5) is 34.1. The van der Waals surface area contributed by atoms with E-state index in [9.17, 15) is 14.0 Å². The molecule has 1 atom stereocenters. The number of benzene rings is 2. The fourth-order valence-corrected chi connectivity index (χ4v) is 3.45. The topological polar surface area (TPSA) is 125 Å². The van der Waals surface area contributed by atoms with Crippen LogP contribution < -0.4 is 21.7 Å². The van der Waals surface area contributed by atoms with Crippen molar-refractivity contribution >= 4 is 35.1 Å². The van der Waals surface area contributed by atoms with E-state index < -0.39 is 12.1 Å². The normalized spacial score (nSPS) is 15.2. The van der Waals surface area contributed by atoms with Crippen molar-refractivity contribution < 1.29 is 14.0 Å². The Bertz CT molecular complexity index is 1140. The predicted molar refractivity (Wildman–Crippen MR) is 124 cm³/mol. The molecule has 0 spiro atoms. The zero-order valence-corrected chi connectivity index (χ0v) is 17.8. The van der Waals surface area contributed by atoms with E-state index >= 15 is 0 Å². The standard InChI is InChI=1S/C23H24FN7O2/c24-16-9-10-31(14-16)23(33)29-18-8-4-7-17(11-18)28-22-27-13-19(20(25)32)21(30-22)26-12-15-5-2-1-3-6-15/h1-8,11,13,16H,9-10,12,14H2,(H2,25,32)(H,29,33)(H2,26,27,28,30)/t16-/m0/s1. The number of anilines is 4. The summed E-state index contributed by atoms with van der Waals surface area (Å²) < 4.78 is 13.4. The summed E-state index contributed by atoms with van der Waals surface area (Å²) in [5.41, 5.74) is 7.82. The molecule has 0 unspecified atom stereocenters. The van der Waals surface area contributed by atoms with E-state index in [0.717, 1.165) is 5.56 Å². The van der Waals surface area contributed by atoms with Crippen molar-refractivity contribution in [3.05, 3.63) is 71.9 Å². The van der Waals surface area contributed by atoms with Gasteiger partial charge < -0.3 is 26.6 Å². The first-order valence-corrected chi connectivity index (χ1v) is 10.5. The number of urea groups is 1. The van der Waals surface area contributed by atoms with Gasteiger partial charge in [-0.15, -0.1) is 0 Å². The van der Waals surface area contributed by atoms with E-state index in [1.807, 2.05) is 30.3 Å². The number of nitrogens with zero attached hydrogens (tertiary/aromatic N) is 3. The Morgan fingerprint density at radius 1 is 1.12 bits per heavy atom. The fourth-order valence-electron chi connectivity index (χ4n) is 3.45. The number of hydrogen-bond donors (Lipinski definition) is 4. The molecule has 10 heteroatoms. The van der Waals surface area contributed by atoms with Crippen LogP contribution in [-0.2, 0) is 6.54 Å². The predicted octanol–water partition coefficient (Wildman–Crippen LogP) is 3.51. The summed E-state index contributed by atoms with van der Waals surface area (Å²) in [5, 5.41) is 8.95. The van der Waals surface area contributed by atoms with Gasteiger partial charge in [0.2, 0.25) is 5.95 Å². The average Bonchev–Trinajstić information content (AvgIpc) is 3.25. The number of carbonyl (C=O) groups is 2. The van der Waals surface area contributed by atoms with Crippen LogP contribution in [0.4, 0.5) is 32.3 Å². The summed E-state index contributed by atoms with van der Waals surface area (Å²) in [6.07, 6.45) is 0.736. The molecule has 1 aliphatic rings. The van der Waals surface area contributed by atoms with E-state index in [1.54, 1.807) is 24.3 Å². The van der Waals surface area contributed by atoms with Gasteiger partial charge in [-0.05, 0) is 30.2 Å². The lowest BCUT2D eigenvalue weighted by atomic mass is 10.2. The van der Waals surface area contributed by atoms with Crippen LogP contribution >= 0.6 is 0 Å². The van der Waals surface area contributed by atoms with Crippen LogP contribution in [0.25, 0.3) is 0 Å². The van der Waals surface area contributed by atoms with E-state index in [1.165, 1.54) is 11.1 Å². The number of rotatable bonds is 7. The molecule has 3 amide bonds. The lowest BCUT2D eigenvalue weighted by Gasteiger charge is -2.17. The summed E-state index contributed by atoms with van der Waals surface area (Å²) in [6, 6.07) is 16.3. The van der Waals surface area contributed by atoms with Crippen molar-refractivity contribution in [1.29, 1.82) is 0 Å². The number of carbonyl (C=O) groups excluding carboxylic acids is 2. The molecule has 0 radical (unpaired) electrons. The van der Waals surface area contributed by atoms with Gasteiger partial charge in [0.05, 0.1) is 12.1 Å². The molecule has 2 aromatic carbocycles. The minimum atomic E-state index is -0.978. The molecule has 1 aliphatic heterocycles.